The van der Waals surface area contributed by atoms with E-state index in [1.165, 1.54) is 18.2 Å². The predicted octanol–water partition coefficient (Wildman–Crippen LogP) is 2.58. The molecule has 1 aromatic carbocycles. The molecule has 0 spiro atoms. The van der Waals surface area contributed by atoms with Crippen LogP contribution in [0.2, 0.25) is 0 Å². The molecule has 1 aliphatic rings. The molecule has 2 rings (SSSR count). The van der Waals surface area contributed by atoms with Gasteiger partial charge in [0.05, 0.1) is 0 Å². The first-order chi connectivity index (χ1) is 9.10. The van der Waals surface area contributed by atoms with Crippen molar-refractivity contribution in [3.8, 4) is 11.5 Å². The number of benzene rings is 1. The van der Waals surface area contributed by atoms with Crippen molar-refractivity contribution in [2.75, 3.05) is 19.0 Å². The minimum atomic E-state index is -0.148. The summed E-state index contributed by atoms with van der Waals surface area (Å²) in [6, 6.07) is 3.98. The number of phenolic OH excluding ortho intramolecular Hbond substituents is 2. The molecule has 0 saturated carbocycles. The minimum absolute atomic E-state index is 0.0994. The third-order valence-electron chi connectivity index (χ3n) is 3.47. The molecule has 1 fully saturated rings. The number of halogens is 1. The summed E-state index contributed by atoms with van der Waals surface area (Å²) in [7, 11) is 0. The molecular formula is C14H18ClNO3. The first kappa shape index (κ1) is 14.0. The fourth-order valence-corrected chi connectivity index (χ4v) is 2.85. The average molecular weight is 284 g/mol. The average Bonchev–Trinajstić information content (AvgIpc) is 2.37. The molecule has 1 heterocycles. The first-order valence-corrected chi connectivity index (χ1v) is 7.02. The third-order valence-corrected chi connectivity index (χ3v) is 3.69. The van der Waals surface area contributed by atoms with Crippen LogP contribution in [0.25, 0.3) is 0 Å². The van der Waals surface area contributed by atoms with Gasteiger partial charge >= 0.3 is 0 Å². The lowest BCUT2D eigenvalue weighted by atomic mass is 9.95. The SMILES string of the molecule is O=C(c1cc(O)cc(O)c1)N1CCCC(CCCl)C1. The van der Waals surface area contributed by atoms with E-state index in [1.54, 1.807) is 4.90 Å². The highest BCUT2D eigenvalue weighted by atomic mass is 35.5. The number of alkyl halides is 1. The Kier molecular flexibility index (Phi) is 4.53. The Morgan fingerprint density at radius 2 is 2.00 bits per heavy atom. The summed E-state index contributed by atoms with van der Waals surface area (Å²) in [6.07, 6.45) is 2.98. The van der Waals surface area contributed by atoms with Gasteiger partial charge in [-0.1, -0.05) is 0 Å². The van der Waals surface area contributed by atoms with Crippen LogP contribution in [0.4, 0.5) is 0 Å². The summed E-state index contributed by atoms with van der Waals surface area (Å²) in [5.74, 6) is 0.710. The largest absolute Gasteiger partial charge is 0.508 e. The lowest BCUT2D eigenvalue weighted by molar-refractivity contribution is 0.0671. The number of carbonyl (C=O) groups is 1. The molecule has 19 heavy (non-hydrogen) atoms. The predicted molar refractivity (Wildman–Crippen MR) is 73.7 cm³/mol. The van der Waals surface area contributed by atoms with E-state index in [2.05, 4.69) is 0 Å². The molecule has 4 nitrogen and oxygen atoms in total. The molecule has 1 unspecified atom stereocenters. The fourth-order valence-electron chi connectivity index (χ4n) is 2.54. The van der Waals surface area contributed by atoms with Crippen molar-refractivity contribution in [3.63, 3.8) is 0 Å². The maximum absolute atomic E-state index is 12.3. The van der Waals surface area contributed by atoms with Crippen LogP contribution in [0.5, 0.6) is 11.5 Å². The third kappa shape index (κ3) is 3.53. The number of phenols is 2. The number of piperidine rings is 1. The van der Waals surface area contributed by atoms with Crippen LogP contribution < -0.4 is 0 Å². The normalized spacial score (nSPS) is 19.4. The summed E-state index contributed by atoms with van der Waals surface area (Å²) in [6.45, 7) is 1.41. The number of aromatic hydroxyl groups is 2. The van der Waals surface area contributed by atoms with Crippen LogP contribution in [-0.4, -0.2) is 40.0 Å². The van der Waals surface area contributed by atoms with E-state index in [1.807, 2.05) is 0 Å². The molecule has 0 aromatic heterocycles. The van der Waals surface area contributed by atoms with E-state index >= 15 is 0 Å². The van der Waals surface area contributed by atoms with E-state index in [0.717, 1.165) is 19.3 Å². The molecule has 1 amide bonds. The summed E-state index contributed by atoms with van der Waals surface area (Å²) < 4.78 is 0. The Morgan fingerprint density at radius 3 is 2.63 bits per heavy atom. The monoisotopic (exact) mass is 283 g/mol. The first-order valence-electron chi connectivity index (χ1n) is 6.48. The second-order valence-corrected chi connectivity index (χ2v) is 5.35. The van der Waals surface area contributed by atoms with Gasteiger partial charge in [0.15, 0.2) is 0 Å². The number of rotatable bonds is 3. The molecule has 104 valence electrons. The van der Waals surface area contributed by atoms with Gasteiger partial charge in [0.1, 0.15) is 11.5 Å². The number of hydrogen-bond acceptors (Lipinski definition) is 3. The molecule has 1 aliphatic heterocycles. The van der Waals surface area contributed by atoms with Gasteiger partial charge in [0.2, 0.25) is 0 Å². The minimum Gasteiger partial charge on any atom is -0.508 e. The maximum Gasteiger partial charge on any atom is 0.254 e. The summed E-state index contributed by atoms with van der Waals surface area (Å²) in [5.41, 5.74) is 0.323. The second kappa shape index (κ2) is 6.15. The van der Waals surface area contributed by atoms with Crippen LogP contribution in [0.15, 0.2) is 18.2 Å². The number of hydrogen-bond donors (Lipinski definition) is 2. The van der Waals surface area contributed by atoms with Crippen LogP contribution in [0.1, 0.15) is 29.6 Å². The van der Waals surface area contributed by atoms with Gasteiger partial charge in [0, 0.05) is 30.6 Å². The van der Waals surface area contributed by atoms with Gasteiger partial charge < -0.3 is 15.1 Å². The maximum atomic E-state index is 12.3. The smallest absolute Gasteiger partial charge is 0.254 e. The van der Waals surface area contributed by atoms with Gasteiger partial charge in [-0.25, -0.2) is 0 Å². The molecule has 1 aromatic rings. The summed E-state index contributed by atoms with van der Waals surface area (Å²) in [4.78, 5) is 14.1. The van der Waals surface area contributed by atoms with Gasteiger partial charge in [-0.2, -0.15) is 0 Å². The van der Waals surface area contributed by atoms with Crippen molar-refractivity contribution in [3.05, 3.63) is 23.8 Å². The molecule has 2 N–H and O–H groups in total. The van der Waals surface area contributed by atoms with Crippen molar-refractivity contribution < 1.29 is 15.0 Å². The highest BCUT2D eigenvalue weighted by Gasteiger charge is 2.24. The zero-order chi connectivity index (χ0) is 13.8. The van der Waals surface area contributed by atoms with Crippen LogP contribution >= 0.6 is 11.6 Å². The lowest BCUT2D eigenvalue weighted by Crippen LogP contribution is -2.40. The van der Waals surface area contributed by atoms with Gasteiger partial charge in [0.25, 0.3) is 5.91 Å². The van der Waals surface area contributed by atoms with Crippen molar-refractivity contribution in [1.29, 1.82) is 0 Å². The fraction of sp³-hybridized carbons (Fsp3) is 0.500. The second-order valence-electron chi connectivity index (χ2n) is 4.98. The van der Waals surface area contributed by atoms with Gasteiger partial charge in [-0.05, 0) is 37.3 Å². The standard InChI is InChI=1S/C14H18ClNO3/c15-4-3-10-2-1-5-16(9-10)14(19)11-6-12(17)8-13(18)7-11/h6-8,10,17-18H,1-5,9H2. The van der Waals surface area contributed by atoms with Gasteiger partial charge in [-0.15, -0.1) is 11.6 Å². The van der Waals surface area contributed by atoms with Crippen molar-refractivity contribution in [2.24, 2.45) is 5.92 Å². The van der Waals surface area contributed by atoms with Crippen molar-refractivity contribution in [2.45, 2.75) is 19.3 Å². The Hall–Kier alpha value is -1.42. The molecule has 1 saturated heterocycles. The highest BCUT2D eigenvalue weighted by Crippen LogP contribution is 2.25. The van der Waals surface area contributed by atoms with E-state index in [0.29, 0.717) is 30.5 Å². The Bertz CT molecular complexity index is 442. The number of nitrogens with zero attached hydrogens (tertiary/aromatic N) is 1. The molecule has 1 atom stereocenters. The van der Waals surface area contributed by atoms with Crippen LogP contribution in [-0.2, 0) is 0 Å². The number of likely N-dealkylation sites (tertiary alicyclic amines) is 1. The van der Waals surface area contributed by atoms with Crippen molar-refractivity contribution >= 4 is 17.5 Å². The van der Waals surface area contributed by atoms with E-state index in [4.69, 9.17) is 11.6 Å². The quantitative estimate of drug-likeness (QED) is 0.838. The highest BCUT2D eigenvalue weighted by molar-refractivity contribution is 6.17. The van der Waals surface area contributed by atoms with Gasteiger partial charge in [-0.3, -0.25) is 4.79 Å². The lowest BCUT2D eigenvalue weighted by Gasteiger charge is -2.32. The van der Waals surface area contributed by atoms with E-state index in [9.17, 15) is 15.0 Å². The zero-order valence-corrected chi connectivity index (χ0v) is 11.4. The topological polar surface area (TPSA) is 60.8 Å². The molecule has 0 bridgehead atoms. The Labute approximate surface area is 117 Å². The van der Waals surface area contributed by atoms with Crippen molar-refractivity contribution in [1.82, 2.24) is 4.90 Å². The zero-order valence-electron chi connectivity index (χ0n) is 10.7. The molecule has 5 heteroatoms. The van der Waals surface area contributed by atoms with E-state index < -0.39 is 0 Å². The van der Waals surface area contributed by atoms with E-state index in [-0.39, 0.29) is 17.4 Å². The summed E-state index contributed by atoms with van der Waals surface area (Å²) >= 11 is 5.75. The molecule has 0 aliphatic carbocycles. The Morgan fingerprint density at radius 1 is 1.32 bits per heavy atom. The summed E-state index contributed by atoms with van der Waals surface area (Å²) in [5, 5.41) is 18.9. The van der Waals surface area contributed by atoms with Crippen LogP contribution in [0.3, 0.4) is 0 Å². The molecule has 0 radical (unpaired) electrons. The molecular weight excluding hydrogens is 266 g/mol. The van der Waals surface area contributed by atoms with Crippen LogP contribution in [0, 0.1) is 5.92 Å². The number of carbonyl (C=O) groups excluding carboxylic acids is 1. The number of amides is 1. The Balaban J connectivity index is 2.10.